The van der Waals surface area contributed by atoms with E-state index in [-0.39, 0.29) is 0 Å². The summed E-state index contributed by atoms with van der Waals surface area (Å²) in [6, 6.07) is 0. The Kier molecular flexibility index (Phi) is 1.50. The first-order valence-electron chi connectivity index (χ1n) is 3.70. The Balaban J connectivity index is 2.12. The highest BCUT2D eigenvalue weighted by Crippen LogP contribution is 2.16. The largest absolute Gasteiger partial charge is 0.117 e. The molecular weight excluding hydrogens is 132 g/mol. The van der Waals surface area contributed by atoms with Crippen molar-refractivity contribution < 1.29 is 0 Å². The lowest BCUT2D eigenvalue weighted by Crippen LogP contribution is -1.76. The van der Waals surface area contributed by atoms with Crippen LogP contribution in [-0.2, 0) is 0 Å². The molecule has 0 aromatic heterocycles. The summed E-state index contributed by atoms with van der Waals surface area (Å²) in [5, 5.41) is 0. The molecule has 2 aliphatic carbocycles. The molecule has 0 saturated heterocycles. The van der Waals surface area contributed by atoms with E-state index in [1.807, 2.05) is 24.3 Å². The van der Waals surface area contributed by atoms with Crippen LogP contribution in [0.5, 0.6) is 0 Å². The SMILES string of the molecule is C1=CC=CC=1CC1=C=CC=C1. The minimum absolute atomic E-state index is 0.958. The molecule has 0 nitrogen and oxygen atoms in total. The highest BCUT2D eigenvalue weighted by atomic mass is 14.0. The van der Waals surface area contributed by atoms with Crippen molar-refractivity contribution in [2.75, 3.05) is 0 Å². The van der Waals surface area contributed by atoms with Gasteiger partial charge in [0.05, 0.1) is 0 Å². The van der Waals surface area contributed by atoms with E-state index in [2.05, 4.69) is 23.6 Å². The predicted octanol–water partition coefficient (Wildman–Crippen LogP) is 2.68. The smallest absolute Gasteiger partial charge is 0.0122 e. The molecule has 0 aromatic carbocycles. The van der Waals surface area contributed by atoms with Gasteiger partial charge in [-0.2, -0.15) is 0 Å². The molecule has 0 spiro atoms. The zero-order chi connectivity index (χ0) is 7.52. The van der Waals surface area contributed by atoms with E-state index in [9.17, 15) is 0 Å². The van der Waals surface area contributed by atoms with E-state index >= 15 is 0 Å². The van der Waals surface area contributed by atoms with Crippen LogP contribution in [0.25, 0.3) is 0 Å². The molecule has 0 heteroatoms. The van der Waals surface area contributed by atoms with Crippen molar-refractivity contribution in [3.05, 3.63) is 59.1 Å². The van der Waals surface area contributed by atoms with Crippen LogP contribution in [0.1, 0.15) is 6.42 Å². The van der Waals surface area contributed by atoms with Gasteiger partial charge in [-0.15, -0.1) is 11.5 Å². The van der Waals surface area contributed by atoms with Crippen molar-refractivity contribution in [1.82, 2.24) is 0 Å². The van der Waals surface area contributed by atoms with Crippen molar-refractivity contribution >= 4 is 0 Å². The molecule has 0 saturated carbocycles. The first-order chi connectivity index (χ1) is 5.45. The van der Waals surface area contributed by atoms with E-state index in [4.69, 9.17) is 0 Å². The molecule has 0 atom stereocenters. The highest BCUT2D eigenvalue weighted by molar-refractivity contribution is 5.38. The van der Waals surface area contributed by atoms with Crippen molar-refractivity contribution in [3.63, 3.8) is 0 Å². The van der Waals surface area contributed by atoms with Gasteiger partial charge in [0.25, 0.3) is 0 Å². The third-order valence-corrected chi connectivity index (χ3v) is 1.71. The van der Waals surface area contributed by atoms with E-state index < -0.39 is 0 Å². The van der Waals surface area contributed by atoms with Crippen LogP contribution in [0.3, 0.4) is 0 Å². The monoisotopic (exact) mass is 140 g/mol. The Morgan fingerprint density at radius 2 is 1.45 bits per heavy atom. The Labute approximate surface area is 66.2 Å². The van der Waals surface area contributed by atoms with Gasteiger partial charge in [-0.3, -0.25) is 0 Å². The lowest BCUT2D eigenvalue weighted by atomic mass is 10.1. The quantitative estimate of drug-likeness (QED) is 0.517. The van der Waals surface area contributed by atoms with Gasteiger partial charge < -0.3 is 0 Å². The fourth-order valence-electron chi connectivity index (χ4n) is 1.16. The standard InChI is InChI=1S/C11H8/c1-2-6-10(5-1)9-11-7-3-4-8-11/h1-5,7H,9H2. The van der Waals surface area contributed by atoms with Crippen molar-refractivity contribution in [3.8, 4) is 0 Å². The van der Waals surface area contributed by atoms with Crippen LogP contribution in [0.4, 0.5) is 0 Å². The van der Waals surface area contributed by atoms with Crippen molar-refractivity contribution in [2.45, 2.75) is 6.42 Å². The molecule has 0 heterocycles. The zero-order valence-corrected chi connectivity index (χ0v) is 6.17. The van der Waals surface area contributed by atoms with Gasteiger partial charge >= 0.3 is 0 Å². The minimum Gasteiger partial charge on any atom is -0.117 e. The van der Waals surface area contributed by atoms with Gasteiger partial charge in [0, 0.05) is 6.42 Å². The van der Waals surface area contributed by atoms with Gasteiger partial charge in [0.1, 0.15) is 0 Å². The third kappa shape index (κ3) is 1.33. The van der Waals surface area contributed by atoms with E-state index in [0.29, 0.717) is 0 Å². The number of rotatable bonds is 2. The van der Waals surface area contributed by atoms with Gasteiger partial charge in [-0.25, -0.2) is 0 Å². The minimum atomic E-state index is 0.958. The second-order valence-corrected chi connectivity index (χ2v) is 2.57. The van der Waals surface area contributed by atoms with Crippen LogP contribution in [-0.4, -0.2) is 0 Å². The maximum atomic E-state index is 3.16. The Hall–Kier alpha value is -1.48. The molecule has 0 aliphatic heterocycles. The summed E-state index contributed by atoms with van der Waals surface area (Å²) in [5.74, 6) is 0. The highest BCUT2D eigenvalue weighted by Gasteiger charge is 1.98. The number of allylic oxidation sites excluding steroid dienone is 6. The lowest BCUT2D eigenvalue weighted by molar-refractivity contribution is 1.23. The first-order valence-corrected chi connectivity index (χ1v) is 3.70. The summed E-state index contributed by atoms with van der Waals surface area (Å²) >= 11 is 0. The molecular formula is C11H8. The molecule has 0 aromatic rings. The molecule has 11 heavy (non-hydrogen) atoms. The Morgan fingerprint density at radius 1 is 0.909 bits per heavy atom. The maximum absolute atomic E-state index is 3.16. The first kappa shape index (κ1) is 6.24. The average molecular weight is 140 g/mol. The molecule has 0 unspecified atom stereocenters. The fraction of sp³-hybridized carbons (Fsp3) is 0.0909. The summed E-state index contributed by atoms with van der Waals surface area (Å²) < 4.78 is 0. The molecule has 2 rings (SSSR count). The number of hydrogen-bond donors (Lipinski definition) is 0. The van der Waals surface area contributed by atoms with Gasteiger partial charge in [-0.1, -0.05) is 24.3 Å². The molecule has 0 amide bonds. The molecule has 52 valence electrons. The molecule has 2 aliphatic rings. The zero-order valence-electron chi connectivity index (χ0n) is 6.17. The van der Waals surface area contributed by atoms with Crippen LogP contribution >= 0.6 is 0 Å². The van der Waals surface area contributed by atoms with Crippen molar-refractivity contribution in [2.24, 2.45) is 0 Å². The number of hydrogen-bond acceptors (Lipinski definition) is 0. The summed E-state index contributed by atoms with van der Waals surface area (Å²) in [5.41, 5.74) is 8.80. The maximum Gasteiger partial charge on any atom is 0.0122 e. The second-order valence-electron chi connectivity index (χ2n) is 2.57. The van der Waals surface area contributed by atoms with Crippen molar-refractivity contribution in [1.29, 1.82) is 0 Å². The fourth-order valence-corrected chi connectivity index (χ4v) is 1.16. The van der Waals surface area contributed by atoms with Gasteiger partial charge in [-0.05, 0) is 23.3 Å². The Morgan fingerprint density at radius 3 is 1.82 bits per heavy atom. The average Bonchev–Trinajstić information content (AvgIpc) is 2.60. The normalized spacial score (nSPS) is 17.8. The molecule has 0 fully saturated rings. The lowest BCUT2D eigenvalue weighted by Gasteiger charge is -1.93. The van der Waals surface area contributed by atoms with E-state index in [0.717, 1.165) is 6.42 Å². The van der Waals surface area contributed by atoms with Crippen LogP contribution in [0.2, 0.25) is 0 Å². The molecule has 0 radical (unpaired) electrons. The van der Waals surface area contributed by atoms with Crippen LogP contribution in [0, 0.1) is 0 Å². The second kappa shape index (κ2) is 2.64. The Bertz CT molecular complexity index is 313. The van der Waals surface area contributed by atoms with E-state index in [1.165, 1.54) is 11.1 Å². The van der Waals surface area contributed by atoms with Crippen LogP contribution in [0.15, 0.2) is 59.1 Å². The van der Waals surface area contributed by atoms with Crippen LogP contribution < -0.4 is 0 Å². The van der Waals surface area contributed by atoms with Gasteiger partial charge in [0.2, 0.25) is 0 Å². The summed E-state index contributed by atoms with van der Waals surface area (Å²) in [4.78, 5) is 0. The summed E-state index contributed by atoms with van der Waals surface area (Å²) in [6.45, 7) is 0. The topological polar surface area (TPSA) is 0 Å². The summed E-state index contributed by atoms with van der Waals surface area (Å²) in [6.07, 6.45) is 13.0. The third-order valence-electron chi connectivity index (χ3n) is 1.71. The van der Waals surface area contributed by atoms with Gasteiger partial charge in [0.15, 0.2) is 0 Å². The predicted molar refractivity (Wildman–Crippen MR) is 46.1 cm³/mol. The van der Waals surface area contributed by atoms with E-state index in [1.54, 1.807) is 0 Å². The summed E-state index contributed by atoms with van der Waals surface area (Å²) in [7, 11) is 0. The molecule has 0 bridgehead atoms. The molecule has 0 N–H and O–H groups in total.